The number of halogens is 2. The number of hydrogen-bond donors (Lipinski definition) is 0. The van der Waals surface area contributed by atoms with Crippen molar-refractivity contribution in [2.75, 3.05) is 0 Å². The molecule has 0 aliphatic heterocycles. The fourth-order valence-corrected chi connectivity index (χ4v) is 4.49. The number of rotatable bonds is 2. The van der Waals surface area contributed by atoms with Gasteiger partial charge in [0.15, 0.2) is 0 Å². The Bertz CT molecular complexity index is 891. The van der Waals surface area contributed by atoms with E-state index in [0.717, 1.165) is 8.04 Å². The predicted molar refractivity (Wildman–Crippen MR) is 89.2 cm³/mol. The molecule has 4 nitrogen and oxygen atoms in total. The lowest BCUT2D eigenvalue weighted by Crippen LogP contribution is -2.11. The SMILES string of the molecule is O=S(=O)(c1ccccc1)n1cc(I)c2ncc(Br)cc21. The van der Waals surface area contributed by atoms with Gasteiger partial charge in [-0.25, -0.2) is 12.4 Å². The normalized spacial score (nSPS) is 11.9. The van der Waals surface area contributed by atoms with Crippen LogP contribution in [0.15, 0.2) is 58.2 Å². The van der Waals surface area contributed by atoms with Crippen molar-refractivity contribution in [1.82, 2.24) is 8.96 Å². The summed E-state index contributed by atoms with van der Waals surface area (Å²) in [6, 6.07) is 10.1. The van der Waals surface area contributed by atoms with Gasteiger partial charge >= 0.3 is 0 Å². The average Bonchev–Trinajstić information content (AvgIpc) is 2.77. The van der Waals surface area contributed by atoms with Crippen molar-refractivity contribution in [1.29, 1.82) is 0 Å². The van der Waals surface area contributed by atoms with E-state index in [1.807, 2.05) is 0 Å². The molecule has 20 heavy (non-hydrogen) atoms. The van der Waals surface area contributed by atoms with Gasteiger partial charge in [0.2, 0.25) is 0 Å². The number of nitrogens with zero attached hydrogens (tertiary/aromatic N) is 2. The van der Waals surface area contributed by atoms with Crippen LogP contribution in [0.4, 0.5) is 0 Å². The molecule has 0 bridgehead atoms. The summed E-state index contributed by atoms with van der Waals surface area (Å²) in [5, 5.41) is 0. The highest BCUT2D eigenvalue weighted by atomic mass is 127. The van der Waals surface area contributed by atoms with Crippen LogP contribution in [0, 0.1) is 3.57 Å². The number of hydrogen-bond acceptors (Lipinski definition) is 3. The summed E-state index contributed by atoms with van der Waals surface area (Å²) in [5.41, 5.74) is 1.24. The van der Waals surface area contributed by atoms with Gasteiger partial charge in [-0.1, -0.05) is 18.2 Å². The molecule has 0 aliphatic rings. The Morgan fingerprint density at radius 1 is 1.20 bits per heavy atom. The Morgan fingerprint density at radius 3 is 2.60 bits per heavy atom. The first-order valence-corrected chi connectivity index (χ1v) is 8.94. The molecule has 0 radical (unpaired) electrons. The van der Waals surface area contributed by atoms with Gasteiger partial charge < -0.3 is 0 Å². The standard InChI is InChI=1S/C13H8BrIN2O2S/c14-9-6-12-13(16-7-9)11(15)8-17(12)20(18,19)10-4-2-1-3-5-10/h1-8H. The predicted octanol–water partition coefficient (Wildman–Crippen LogP) is 3.64. The van der Waals surface area contributed by atoms with E-state index in [2.05, 4.69) is 43.5 Å². The van der Waals surface area contributed by atoms with Crippen LogP contribution in [0.25, 0.3) is 11.0 Å². The topological polar surface area (TPSA) is 52.0 Å². The van der Waals surface area contributed by atoms with Crippen molar-refractivity contribution in [3.8, 4) is 0 Å². The fourth-order valence-electron chi connectivity index (χ4n) is 1.92. The molecule has 0 saturated carbocycles. The monoisotopic (exact) mass is 462 g/mol. The summed E-state index contributed by atoms with van der Waals surface area (Å²) >= 11 is 5.41. The van der Waals surface area contributed by atoms with Crippen LogP contribution in [-0.4, -0.2) is 17.4 Å². The van der Waals surface area contributed by atoms with E-state index in [9.17, 15) is 8.42 Å². The van der Waals surface area contributed by atoms with E-state index in [-0.39, 0.29) is 4.90 Å². The molecule has 2 heterocycles. The molecule has 2 aromatic heterocycles. The van der Waals surface area contributed by atoms with Gasteiger partial charge in [0, 0.05) is 16.9 Å². The number of pyridine rings is 1. The lowest BCUT2D eigenvalue weighted by atomic mass is 10.4. The quantitative estimate of drug-likeness (QED) is 0.546. The minimum absolute atomic E-state index is 0.258. The van der Waals surface area contributed by atoms with Crippen molar-refractivity contribution in [3.05, 3.63) is 56.8 Å². The lowest BCUT2D eigenvalue weighted by molar-refractivity contribution is 0.589. The smallest absolute Gasteiger partial charge is 0.252 e. The van der Waals surface area contributed by atoms with Crippen LogP contribution in [-0.2, 0) is 10.0 Å². The molecule has 0 saturated heterocycles. The molecule has 0 unspecified atom stereocenters. The molecule has 0 spiro atoms. The zero-order valence-corrected chi connectivity index (χ0v) is 14.6. The van der Waals surface area contributed by atoms with Crippen molar-refractivity contribution >= 4 is 59.6 Å². The van der Waals surface area contributed by atoms with E-state index in [4.69, 9.17) is 0 Å². The summed E-state index contributed by atoms with van der Waals surface area (Å²) in [6.07, 6.45) is 3.25. The Hall–Kier alpha value is -0.930. The molecule has 0 atom stereocenters. The van der Waals surface area contributed by atoms with Gasteiger partial charge in [-0.05, 0) is 56.7 Å². The first-order chi connectivity index (χ1) is 9.50. The molecular weight excluding hydrogens is 455 g/mol. The molecular formula is C13H8BrIN2O2S. The second kappa shape index (κ2) is 5.12. The zero-order chi connectivity index (χ0) is 14.3. The fraction of sp³-hybridized carbons (Fsp3) is 0. The van der Waals surface area contributed by atoms with E-state index in [1.54, 1.807) is 48.8 Å². The molecule has 3 aromatic rings. The van der Waals surface area contributed by atoms with Crippen LogP contribution >= 0.6 is 38.5 Å². The highest BCUT2D eigenvalue weighted by molar-refractivity contribution is 14.1. The van der Waals surface area contributed by atoms with Gasteiger partial charge in [-0.2, -0.15) is 0 Å². The molecule has 1 aromatic carbocycles. The highest BCUT2D eigenvalue weighted by Gasteiger charge is 2.21. The Labute approximate surface area is 138 Å². The minimum Gasteiger partial charge on any atom is -0.252 e. The maximum Gasteiger partial charge on any atom is 0.268 e. The summed E-state index contributed by atoms with van der Waals surface area (Å²) in [6.45, 7) is 0. The second-order valence-corrected chi connectivity index (χ2v) is 8.01. The molecule has 7 heteroatoms. The van der Waals surface area contributed by atoms with Gasteiger partial charge in [0.05, 0.1) is 14.0 Å². The van der Waals surface area contributed by atoms with Gasteiger partial charge in [-0.3, -0.25) is 4.98 Å². The first-order valence-electron chi connectivity index (χ1n) is 5.63. The number of aromatic nitrogens is 2. The Kier molecular flexibility index (Phi) is 3.59. The summed E-state index contributed by atoms with van der Waals surface area (Å²) in [7, 11) is -3.61. The highest BCUT2D eigenvalue weighted by Crippen LogP contribution is 2.27. The molecule has 0 amide bonds. The third kappa shape index (κ3) is 2.27. The summed E-state index contributed by atoms with van der Waals surface area (Å²) in [5.74, 6) is 0. The van der Waals surface area contributed by atoms with Crippen molar-refractivity contribution in [2.45, 2.75) is 4.90 Å². The average molecular weight is 463 g/mol. The molecule has 102 valence electrons. The van der Waals surface area contributed by atoms with Crippen molar-refractivity contribution in [3.63, 3.8) is 0 Å². The van der Waals surface area contributed by atoms with E-state index in [1.165, 1.54) is 3.97 Å². The van der Waals surface area contributed by atoms with Crippen LogP contribution in [0.1, 0.15) is 0 Å². The van der Waals surface area contributed by atoms with E-state index >= 15 is 0 Å². The minimum atomic E-state index is -3.61. The first kappa shape index (κ1) is 14.0. The zero-order valence-electron chi connectivity index (χ0n) is 9.99. The van der Waals surface area contributed by atoms with Crippen molar-refractivity contribution < 1.29 is 8.42 Å². The van der Waals surface area contributed by atoms with E-state index in [0.29, 0.717) is 11.0 Å². The Morgan fingerprint density at radius 2 is 1.90 bits per heavy atom. The summed E-state index contributed by atoms with van der Waals surface area (Å²) < 4.78 is 28.2. The maximum absolute atomic E-state index is 12.7. The van der Waals surface area contributed by atoms with Gasteiger partial charge in [0.1, 0.15) is 5.52 Å². The second-order valence-electron chi connectivity index (χ2n) is 4.11. The van der Waals surface area contributed by atoms with Crippen LogP contribution in [0.5, 0.6) is 0 Å². The third-order valence-corrected chi connectivity index (χ3v) is 5.74. The van der Waals surface area contributed by atoms with Crippen LogP contribution in [0.3, 0.4) is 0 Å². The summed E-state index contributed by atoms with van der Waals surface area (Å²) in [4.78, 5) is 4.53. The Balaban J connectivity index is 2.33. The molecule has 0 fully saturated rings. The molecule has 0 N–H and O–H groups in total. The lowest BCUT2D eigenvalue weighted by Gasteiger charge is -2.07. The van der Waals surface area contributed by atoms with Gasteiger partial charge in [0.25, 0.3) is 10.0 Å². The van der Waals surface area contributed by atoms with Crippen LogP contribution < -0.4 is 0 Å². The molecule has 3 rings (SSSR count). The van der Waals surface area contributed by atoms with E-state index < -0.39 is 10.0 Å². The van der Waals surface area contributed by atoms with Gasteiger partial charge in [-0.15, -0.1) is 0 Å². The largest absolute Gasteiger partial charge is 0.268 e. The number of benzene rings is 1. The third-order valence-electron chi connectivity index (χ3n) is 2.83. The maximum atomic E-state index is 12.7. The molecule has 0 aliphatic carbocycles. The van der Waals surface area contributed by atoms with Crippen molar-refractivity contribution in [2.24, 2.45) is 0 Å². The number of fused-ring (bicyclic) bond motifs is 1. The van der Waals surface area contributed by atoms with Crippen LogP contribution in [0.2, 0.25) is 0 Å².